The molecule has 198 valence electrons. The number of aryl methyl sites for hydroxylation is 1. The van der Waals surface area contributed by atoms with E-state index >= 15 is 0 Å². The van der Waals surface area contributed by atoms with Gasteiger partial charge in [-0.15, -0.1) is 0 Å². The Morgan fingerprint density at radius 2 is 1.74 bits per heavy atom. The molecule has 0 saturated heterocycles. The van der Waals surface area contributed by atoms with Crippen LogP contribution in [0.25, 0.3) is 0 Å². The third-order valence-electron chi connectivity index (χ3n) is 4.83. The number of carbonyl (C=O) groups is 3. The summed E-state index contributed by atoms with van der Waals surface area (Å²) >= 11 is 6.82. The largest absolute Gasteiger partial charge is 0.490 e. The molecule has 12 heteroatoms. The molecule has 0 saturated carbocycles. The van der Waals surface area contributed by atoms with E-state index in [9.17, 15) is 18.8 Å². The van der Waals surface area contributed by atoms with Crippen molar-refractivity contribution < 1.29 is 28.2 Å². The van der Waals surface area contributed by atoms with Gasteiger partial charge in [-0.25, -0.2) is 9.82 Å². The minimum Gasteiger partial charge on any atom is -0.490 e. The van der Waals surface area contributed by atoms with E-state index in [2.05, 4.69) is 53.0 Å². The Morgan fingerprint density at radius 3 is 2.45 bits per heavy atom. The lowest BCUT2D eigenvalue weighted by Crippen LogP contribution is -2.32. The molecule has 3 aromatic carbocycles. The number of hydrogen-bond acceptors (Lipinski definition) is 6. The van der Waals surface area contributed by atoms with Crippen LogP contribution >= 0.6 is 31.9 Å². The van der Waals surface area contributed by atoms with Gasteiger partial charge in [0, 0.05) is 10.2 Å². The first kappa shape index (κ1) is 28.8. The van der Waals surface area contributed by atoms with E-state index in [0.29, 0.717) is 33.8 Å². The van der Waals surface area contributed by atoms with Crippen molar-refractivity contribution in [2.45, 2.75) is 13.8 Å². The van der Waals surface area contributed by atoms with E-state index in [-0.39, 0.29) is 18.2 Å². The molecule has 38 heavy (non-hydrogen) atoms. The molecule has 0 atom stereocenters. The monoisotopic (exact) mass is 648 g/mol. The first-order valence-corrected chi connectivity index (χ1v) is 12.8. The first-order chi connectivity index (χ1) is 18.2. The number of rotatable bonds is 9. The van der Waals surface area contributed by atoms with Gasteiger partial charge in [0.25, 0.3) is 5.91 Å². The zero-order valence-electron chi connectivity index (χ0n) is 20.3. The van der Waals surface area contributed by atoms with Gasteiger partial charge >= 0.3 is 11.8 Å². The lowest BCUT2D eigenvalue weighted by Gasteiger charge is -2.15. The van der Waals surface area contributed by atoms with E-state index in [4.69, 9.17) is 9.47 Å². The Hall–Kier alpha value is -3.77. The minimum atomic E-state index is -1.08. The number of nitrogens with one attached hydrogen (secondary N) is 3. The van der Waals surface area contributed by atoms with Crippen molar-refractivity contribution in [3.63, 3.8) is 0 Å². The molecule has 0 aromatic heterocycles. The fourth-order valence-electron chi connectivity index (χ4n) is 3.08. The van der Waals surface area contributed by atoms with Gasteiger partial charge in [0.05, 0.1) is 23.0 Å². The Labute approximate surface area is 235 Å². The molecule has 3 rings (SSSR count). The topological polar surface area (TPSA) is 118 Å². The number of benzene rings is 3. The summed E-state index contributed by atoms with van der Waals surface area (Å²) in [5, 5.41) is 8.71. The summed E-state index contributed by atoms with van der Waals surface area (Å²) in [6, 6.07) is 14.1. The molecule has 0 aliphatic rings. The van der Waals surface area contributed by atoms with E-state index in [0.717, 1.165) is 16.1 Å². The average Bonchev–Trinajstić information content (AvgIpc) is 2.87. The molecule has 0 unspecified atom stereocenters. The van der Waals surface area contributed by atoms with Crippen LogP contribution in [0.5, 0.6) is 11.5 Å². The number of ether oxygens (including phenoxy) is 2. The molecule has 9 nitrogen and oxygen atoms in total. The summed E-state index contributed by atoms with van der Waals surface area (Å²) < 4.78 is 26.4. The van der Waals surface area contributed by atoms with E-state index in [1.807, 2.05) is 19.1 Å². The summed E-state index contributed by atoms with van der Waals surface area (Å²) in [4.78, 5) is 36.4. The number of anilines is 2. The third-order valence-corrected chi connectivity index (χ3v) is 6.31. The van der Waals surface area contributed by atoms with E-state index < -0.39 is 17.6 Å². The highest BCUT2D eigenvalue weighted by Gasteiger charge is 2.16. The second-order valence-electron chi connectivity index (χ2n) is 7.70. The van der Waals surface area contributed by atoms with Crippen molar-refractivity contribution in [1.29, 1.82) is 0 Å². The van der Waals surface area contributed by atoms with Crippen molar-refractivity contribution in [1.82, 2.24) is 5.43 Å². The maximum Gasteiger partial charge on any atom is 0.329 e. The zero-order chi connectivity index (χ0) is 27.7. The predicted molar refractivity (Wildman–Crippen MR) is 149 cm³/mol. The number of halogens is 3. The van der Waals surface area contributed by atoms with Crippen LogP contribution in [0, 0.1) is 12.7 Å². The number of para-hydroxylation sites is 1. The van der Waals surface area contributed by atoms with Gasteiger partial charge in [-0.05, 0) is 83.4 Å². The van der Waals surface area contributed by atoms with Crippen LogP contribution in [0.3, 0.4) is 0 Å². The molecule has 0 radical (unpaired) electrons. The molecule has 0 heterocycles. The smallest absolute Gasteiger partial charge is 0.329 e. The van der Waals surface area contributed by atoms with Crippen molar-refractivity contribution in [3.05, 3.63) is 80.5 Å². The van der Waals surface area contributed by atoms with Crippen LogP contribution in [-0.2, 0) is 14.4 Å². The fourth-order valence-corrected chi connectivity index (χ4v) is 3.90. The number of carbonyl (C=O) groups excluding carboxylic acids is 3. The molecule has 0 aliphatic carbocycles. The molecule has 3 aromatic rings. The average molecular weight is 650 g/mol. The highest BCUT2D eigenvalue weighted by atomic mass is 79.9. The van der Waals surface area contributed by atoms with Gasteiger partial charge in [0.1, 0.15) is 5.82 Å². The molecule has 3 amide bonds. The molecule has 0 spiro atoms. The predicted octanol–water partition coefficient (Wildman–Crippen LogP) is 5.16. The molecule has 0 aliphatic heterocycles. The lowest BCUT2D eigenvalue weighted by atomic mass is 10.2. The van der Waals surface area contributed by atoms with Crippen LogP contribution in [0.1, 0.15) is 18.1 Å². The SMILES string of the molecule is CCOc1cc(/C=N\NC(=O)C(=O)Nc2ccccc2F)cc(Br)c1OCC(=O)Nc1ccc(Br)c(C)c1. The quantitative estimate of drug-likeness (QED) is 0.168. The number of hydrazone groups is 1. The van der Waals surface area contributed by atoms with Crippen molar-refractivity contribution in [3.8, 4) is 11.5 Å². The molecular weight excluding hydrogens is 627 g/mol. The fraction of sp³-hybridized carbons (Fsp3) is 0.154. The molecule has 3 N–H and O–H groups in total. The number of amides is 3. The maximum absolute atomic E-state index is 13.7. The molecular formula is C26H23Br2FN4O5. The van der Waals surface area contributed by atoms with Crippen LogP contribution < -0.4 is 25.5 Å². The highest BCUT2D eigenvalue weighted by Crippen LogP contribution is 2.36. The van der Waals surface area contributed by atoms with Gasteiger partial charge in [-0.3, -0.25) is 14.4 Å². The first-order valence-electron chi connectivity index (χ1n) is 11.2. The second kappa shape index (κ2) is 13.7. The standard InChI is InChI=1S/C26H23Br2FN4O5/c1-3-37-22-12-16(13-30-33-26(36)25(35)32-21-7-5-4-6-20(21)29)11-19(28)24(22)38-14-23(34)31-17-8-9-18(27)15(2)10-17/h4-13H,3,14H2,1-2H3,(H,31,34)(H,32,35)(H,33,36)/b30-13-. The maximum atomic E-state index is 13.7. The zero-order valence-corrected chi connectivity index (χ0v) is 23.5. The van der Waals surface area contributed by atoms with Crippen LogP contribution in [0.4, 0.5) is 15.8 Å². The van der Waals surface area contributed by atoms with Crippen molar-refractivity contribution in [2.24, 2.45) is 5.10 Å². The summed E-state index contributed by atoms with van der Waals surface area (Å²) in [7, 11) is 0. The van der Waals surface area contributed by atoms with E-state index in [1.54, 1.807) is 25.1 Å². The molecule has 0 fully saturated rings. The number of hydrogen-bond donors (Lipinski definition) is 3. The van der Waals surface area contributed by atoms with Crippen LogP contribution in [-0.4, -0.2) is 37.1 Å². The van der Waals surface area contributed by atoms with Gasteiger partial charge in [0.2, 0.25) is 0 Å². The molecule has 0 bridgehead atoms. The second-order valence-corrected chi connectivity index (χ2v) is 9.41. The third kappa shape index (κ3) is 8.12. The Balaban J connectivity index is 1.62. The van der Waals surface area contributed by atoms with Gasteiger partial charge in [-0.2, -0.15) is 5.10 Å². The summed E-state index contributed by atoms with van der Waals surface area (Å²) in [6.45, 7) is 3.75. The lowest BCUT2D eigenvalue weighted by molar-refractivity contribution is -0.136. The van der Waals surface area contributed by atoms with Crippen molar-refractivity contribution in [2.75, 3.05) is 23.8 Å². The van der Waals surface area contributed by atoms with Crippen molar-refractivity contribution >= 4 is 67.2 Å². The van der Waals surface area contributed by atoms with Gasteiger partial charge < -0.3 is 20.1 Å². The van der Waals surface area contributed by atoms with Gasteiger partial charge in [0.15, 0.2) is 18.1 Å². The Kier molecular flexibility index (Phi) is 10.4. The van der Waals surface area contributed by atoms with E-state index in [1.165, 1.54) is 24.4 Å². The Morgan fingerprint density at radius 1 is 0.974 bits per heavy atom. The number of nitrogens with zero attached hydrogens (tertiary/aromatic N) is 1. The minimum absolute atomic E-state index is 0.127. The Bertz CT molecular complexity index is 1380. The van der Waals surface area contributed by atoms with Crippen LogP contribution in [0.15, 0.2) is 68.6 Å². The summed E-state index contributed by atoms with van der Waals surface area (Å²) in [5.74, 6) is -2.56. The van der Waals surface area contributed by atoms with Gasteiger partial charge in [-0.1, -0.05) is 28.1 Å². The normalized spacial score (nSPS) is 10.7. The summed E-state index contributed by atoms with van der Waals surface area (Å²) in [5.41, 5.74) is 4.07. The highest BCUT2D eigenvalue weighted by molar-refractivity contribution is 9.10. The van der Waals surface area contributed by atoms with Crippen LogP contribution in [0.2, 0.25) is 0 Å². The summed E-state index contributed by atoms with van der Waals surface area (Å²) in [6.07, 6.45) is 1.29.